The molecule has 0 N–H and O–H groups in total. The lowest BCUT2D eigenvalue weighted by Crippen LogP contribution is -2.03. The van der Waals surface area contributed by atoms with Crippen molar-refractivity contribution in [3.63, 3.8) is 0 Å². The van der Waals surface area contributed by atoms with Crippen LogP contribution in [0.25, 0.3) is 33.5 Å². The van der Waals surface area contributed by atoms with E-state index in [1.54, 1.807) is 35.7 Å². The molecule has 1 aromatic carbocycles. The summed E-state index contributed by atoms with van der Waals surface area (Å²) in [6.45, 7) is 0.304. The van der Waals surface area contributed by atoms with Gasteiger partial charge in [-0.2, -0.15) is 0 Å². The van der Waals surface area contributed by atoms with Crippen molar-refractivity contribution < 1.29 is 4.39 Å². The third kappa shape index (κ3) is 2.79. The lowest BCUT2D eigenvalue weighted by Gasteiger charge is -2.08. The van der Waals surface area contributed by atoms with Gasteiger partial charge in [0, 0.05) is 41.2 Å². The highest BCUT2D eigenvalue weighted by Gasteiger charge is 2.12. The van der Waals surface area contributed by atoms with Gasteiger partial charge in [0.25, 0.3) is 0 Å². The number of hydrogen-bond acceptors (Lipinski definition) is 5. The number of halogens is 1. The molecule has 0 unspecified atom stereocenters. The molecule has 130 valence electrons. The van der Waals surface area contributed by atoms with Crippen molar-refractivity contribution in [1.29, 1.82) is 0 Å². The van der Waals surface area contributed by atoms with Crippen molar-refractivity contribution >= 4 is 22.2 Å². The van der Waals surface area contributed by atoms with Gasteiger partial charge in [-0.3, -0.25) is 9.97 Å². The van der Waals surface area contributed by atoms with Gasteiger partial charge in [-0.25, -0.2) is 19.3 Å². The number of rotatable bonds is 3. The number of benzene rings is 1. The van der Waals surface area contributed by atoms with E-state index in [-0.39, 0.29) is 5.82 Å². The van der Waals surface area contributed by atoms with E-state index in [0.717, 1.165) is 10.9 Å². The molecular weight excluding hydrogens is 343 g/mol. The Bertz CT molecular complexity index is 1270. The maximum absolute atomic E-state index is 14.5. The lowest BCUT2D eigenvalue weighted by atomic mass is 10.1. The number of pyridine rings is 2. The largest absolute Gasteiger partial charge is 0.309 e. The Kier molecular flexibility index (Phi) is 3.57. The maximum atomic E-state index is 14.5. The van der Waals surface area contributed by atoms with E-state index in [2.05, 4.69) is 24.9 Å². The van der Waals surface area contributed by atoms with Crippen LogP contribution in [-0.4, -0.2) is 29.5 Å². The fourth-order valence-corrected chi connectivity index (χ4v) is 3.05. The van der Waals surface area contributed by atoms with Gasteiger partial charge >= 0.3 is 0 Å². The highest BCUT2D eigenvalue weighted by Crippen LogP contribution is 2.21. The first-order chi connectivity index (χ1) is 13.3. The van der Waals surface area contributed by atoms with Crippen molar-refractivity contribution in [1.82, 2.24) is 29.5 Å². The summed E-state index contributed by atoms with van der Waals surface area (Å²) in [5, 5.41) is 0.889. The van der Waals surface area contributed by atoms with Crippen LogP contribution >= 0.6 is 0 Å². The summed E-state index contributed by atoms with van der Waals surface area (Å²) >= 11 is 0. The standard InChI is InChI=1S/C20H13FN6/c21-16-8-17-13(3-2-6-23-17)7-15(16)11-27-12-25-19-20(27)26-18(10-24-19)14-4-1-5-22-9-14/h1-10,12H,11H2. The third-order valence-electron chi connectivity index (χ3n) is 4.40. The predicted molar refractivity (Wildman–Crippen MR) is 99.4 cm³/mol. The number of nitrogens with zero attached hydrogens (tertiary/aromatic N) is 6. The van der Waals surface area contributed by atoms with Gasteiger partial charge in [0.1, 0.15) is 5.82 Å². The molecule has 0 amide bonds. The third-order valence-corrected chi connectivity index (χ3v) is 4.40. The van der Waals surface area contributed by atoms with Crippen LogP contribution in [-0.2, 0) is 6.54 Å². The van der Waals surface area contributed by atoms with Crippen LogP contribution in [0.3, 0.4) is 0 Å². The molecule has 0 aliphatic carbocycles. The van der Waals surface area contributed by atoms with Gasteiger partial charge in [-0.05, 0) is 24.3 Å². The second-order valence-electron chi connectivity index (χ2n) is 6.16. The Morgan fingerprint density at radius 2 is 1.89 bits per heavy atom. The molecular formula is C20H13FN6. The van der Waals surface area contributed by atoms with Crippen molar-refractivity contribution in [2.45, 2.75) is 6.54 Å². The van der Waals surface area contributed by atoms with Crippen molar-refractivity contribution in [3.8, 4) is 11.3 Å². The summed E-state index contributed by atoms with van der Waals surface area (Å²) in [5.74, 6) is -0.306. The number of aromatic nitrogens is 6. The summed E-state index contributed by atoms with van der Waals surface area (Å²) in [6.07, 6.45) is 8.38. The molecule has 0 aliphatic rings. The summed E-state index contributed by atoms with van der Waals surface area (Å²) in [4.78, 5) is 21.6. The Morgan fingerprint density at radius 3 is 2.78 bits per heavy atom. The van der Waals surface area contributed by atoms with E-state index in [1.165, 1.54) is 6.07 Å². The van der Waals surface area contributed by atoms with E-state index in [4.69, 9.17) is 0 Å². The fourth-order valence-electron chi connectivity index (χ4n) is 3.05. The smallest absolute Gasteiger partial charge is 0.197 e. The molecule has 0 bridgehead atoms. The van der Waals surface area contributed by atoms with Crippen LogP contribution < -0.4 is 0 Å². The molecule has 0 atom stereocenters. The number of hydrogen-bond donors (Lipinski definition) is 0. The minimum atomic E-state index is -0.306. The number of fused-ring (bicyclic) bond motifs is 2. The fraction of sp³-hybridized carbons (Fsp3) is 0.0500. The highest BCUT2D eigenvalue weighted by molar-refractivity contribution is 5.79. The zero-order valence-corrected chi connectivity index (χ0v) is 14.1. The summed E-state index contributed by atoms with van der Waals surface area (Å²) in [6, 6.07) is 10.8. The SMILES string of the molecule is Fc1cc2ncccc2cc1Cn1cnc2ncc(-c3cccnc3)nc21. The zero-order valence-electron chi connectivity index (χ0n) is 14.1. The Morgan fingerprint density at radius 1 is 0.963 bits per heavy atom. The highest BCUT2D eigenvalue weighted by atomic mass is 19.1. The van der Waals surface area contributed by atoms with Crippen LogP contribution in [0.4, 0.5) is 4.39 Å². The van der Waals surface area contributed by atoms with Gasteiger partial charge in [-0.1, -0.05) is 6.07 Å². The van der Waals surface area contributed by atoms with E-state index in [0.29, 0.717) is 34.6 Å². The van der Waals surface area contributed by atoms with Crippen molar-refractivity contribution in [3.05, 3.63) is 78.9 Å². The average Bonchev–Trinajstić information content (AvgIpc) is 3.11. The van der Waals surface area contributed by atoms with Crippen molar-refractivity contribution in [2.75, 3.05) is 0 Å². The Balaban J connectivity index is 1.58. The number of imidazole rings is 1. The van der Waals surface area contributed by atoms with Gasteiger partial charge < -0.3 is 4.57 Å². The molecule has 0 fully saturated rings. The van der Waals surface area contributed by atoms with Crippen molar-refractivity contribution in [2.24, 2.45) is 0 Å². The van der Waals surface area contributed by atoms with E-state index in [1.807, 2.05) is 30.3 Å². The van der Waals surface area contributed by atoms with E-state index < -0.39 is 0 Å². The molecule has 0 saturated heterocycles. The second kappa shape index (κ2) is 6.21. The molecule has 0 saturated carbocycles. The second-order valence-corrected chi connectivity index (χ2v) is 6.16. The first kappa shape index (κ1) is 15.5. The molecule has 27 heavy (non-hydrogen) atoms. The van der Waals surface area contributed by atoms with Crippen LogP contribution in [0.15, 0.2) is 67.5 Å². The van der Waals surface area contributed by atoms with Gasteiger partial charge in [-0.15, -0.1) is 0 Å². The minimum absolute atomic E-state index is 0.304. The van der Waals surface area contributed by atoms with Crippen LogP contribution in [0.1, 0.15) is 5.56 Å². The Hall–Kier alpha value is -3.74. The Labute approximate surface area is 153 Å². The maximum Gasteiger partial charge on any atom is 0.197 e. The van der Waals surface area contributed by atoms with Crippen LogP contribution in [0.5, 0.6) is 0 Å². The van der Waals surface area contributed by atoms with Gasteiger partial charge in [0.2, 0.25) is 0 Å². The van der Waals surface area contributed by atoms with E-state index >= 15 is 0 Å². The first-order valence-electron chi connectivity index (χ1n) is 8.39. The molecule has 5 aromatic rings. The normalized spacial score (nSPS) is 11.3. The summed E-state index contributed by atoms with van der Waals surface area (Å²) in [7, 11) is 0. The quantitative estimate of drug-likeness (QED) is 0.494. The molecule has 4 heterocycles. The average molecular weight is 356 g/mol. The molecule has 0 spiro atoms. The molecule has 0 radical (unpaired) electrons. The van der Waals surface area contributed by atoms with Gasteiger partial charge in [0.05, 0.1) is 30.3 Å². The molecule has 4 aromatic heterocycles. The van der Waals surface area contributed by atoms with Crippen LogP contribution in [0.2, 0.25) is 0 Å². The topological polar surface area (TPSA) is 69.4 Å². The molecule has 0 aliphatic heterocycles. The van der Waals surface area contributed by atoms with Gasteiger partial charge in [0.15, 0.2) is 11.3 Å². The van der Waals surface area contributed by atoms with Crippen LogP contribution in [0, 0.1) is 5.82 Å². The summed E-state index contributed by atoms with van der Waals surface area (Å²) < 4.78 is 16.3. The predicted octanol–water partition coefficient (Wildman–Crippen LogP) is 3.62. The molecule has 5 rings (SSSR count). The zero-order chi connectivity index (χ0) is 18.2. The summed E-state index contributed by atoms with van der Waals surface area (Å²) in [5.41, 5.74) is 3.85. The molecule has 7 heteroatoms. The monoisotopic (exact) mass is 356 g/mol. The first-order valence-corrected chi connectivity index (χ1v) is 8.39. The lowest BCUT2D eigenvalue weighted by molar-refractivity contribution is 0.603. The molecule has 6 nitrogen and oxygen atoms in total. The minimum Gasteiger partial charge on any atom is -0.309 e. The van der Waals surface area contributed by atoms with E-state index in [9.17, 15) is 4.39 Å².